The molecule has 11 heteroatoms. The molecular formula is C35H47FN4O6. The molecule has 46 heavy (non-hydrogen) atoms. The zero-order valence-corrected chi connectivity index (χ0v) is 27.8. The predicted molar refractivity (Wildman–Crippen MR) is 172 cm³/mol. The highest BCUT2D eigenvalue weighted by molar-refractivity contribution is 5.95. The van der Waals surface area contributed by atoms with E-state index < -0.39 is 23.0 Å². The maximum Gasteiger partial charge on any atom is 0.410 e. The molecule has 1 N–H and O–H groups in total. The van der Waals surface area contributed by atoms with Crippen LogP contribution < -0.4 is 5.32 Å². The third kappa shape index (κ3) is 7.87. The Hall–Kier alpha value is -3.54. The number of nitrogens with one attached hydrogen (secondary N) is 1. The molecule has 2 fully saturated rings. The van der Waals surface area contributed by atoms with Crippen molar-refractivity contribution in [3.8, 4) is 0 Å². The number of nitrogens with zero attached hydrogens (tertiary/aromatic N) is 3. The Morgan fingerprint density at radius 3 is 2.43 bits per heavy atom. The third-order valence-corrected chi connectivity index (χ3v) is 9.15. The van der Waals surface area contributed by atoms with Crippen LogP contribution in [0, 0.1) is 5.82 Å². The van der Waals surface area contributed by atoms with Crippen LogP contribution in [0.3, 0.4) is 0 Å². The number of esters is 2. The molecule has 2 aromatic carbocycles. The zero-order chi connectivity index (χ0) is 33.2. The number of piperazine rings is 1. The molecule has 1 amide bonds. The average Bonchev–Trinajstić information content (AvgIpc) is 3.32. The molecule has 0 saturated carbocycles. The largest absolute Gasteiger partial charge is 0.444 e. The summed E-state index contributed by atoms with van der Waals surface area (Å²) in [6.07, 6.45) is 0.248. The minimum Gasteiger partial charge on any atom is -0.444 e. The predicted octanol–water partition coefficient (Wildman–Crippen LogP) is 4.20. The van der Waals surface area contributed by atoms with Gasteiger partial charge in [0.25, 0.3) is 0 Å². The number of fused-ring (bicyclic) bond motifs is 1. The Morgan fingerprint density at radius 2 is 1.74 bits per heavy atom. The van der Waals surface area contributed by atoms with Crippen molar-refractivity contribution in [2.45, 2.75) is 77.1 Å². The van der Waals surface area contributed by atoms with E-state index in [1.54, 1.807) is 24.0 Å². The van der Waals surface area contributed by atoms with Crippen LogP contribution in [0.15, 0.2) is 42.5 Å². The number of hydrogen-bond acceptors (Lipinski definition) is 9. The number of carbonyl (C=O) groups excluding carboxylic acids is 3. The molecule has 3 aliphatic rings. The summed E-state index contributed by atoms with van der Waals surface area (Å²) < 4.78 is 30.2. The number of halogens is 1. The van der Waals surface area contributed by atoms with E-state index in [2.05, 4.69) is 17.1 Å². The number of rotatable bonds is 7. The van der Waals surface area contributed by atoms with Gasteiger partial charge in [0.2, 0.25) is 0 Å². The molecule has 0 spiro atoms. The second-order valence-corrected chi connectivity index (χ2v) is 14.1. The molecule has 4 atom stereocenters. The van der Waals surface area contributed by atoms with Crippen LogP contribution in [0.25, 0.3) is 0 Å². The van der Waals surface area contributed by atoms with Crippen LogP contribution in [0.2, 0.25) is 0 Å². The van der Waals surface area contributed by atoms with Gasteiger partial charge in [-0.3, -0.25) is 19.4 Å². The monoisotopic (exact) mass is 638 g/mol. The van der Waals surface area contributed by atoms with Crippen LogP contribution in [0.1, 0.15) is 58.2 Å². The quantitative estimate of drug-likeness (QED) is 0.353. The summed E-state index contributed by atoms with van der Waals surface area (Å²) in [6.45, 7) is 15.0. The number of morpholine rings is 1. The molecule has 2 saturated heterocycles. The summed E-state index contributed by atoms with van der Waals surface area (Å²) in [5, 5.41) is 3.31. The van der Waals surface area contributed by atoms with Crippen molar-refractivity contribution in [1.29, 1.82) is 0 Å². The van der Waals surface area contributed by atoms with Gasteiger partial charge in [-0.25, -0.2) is 9.18 Å². The van der Waals surface area contributed by atoms with E-state index in [1.165, 1.54) is 12.1 Å². The van der Waals surface area contributed by atoms with Crippen LogP contribution in [0.4, 0.5) is 14.9 Å². The minimum absolute atomic E-state index is 0.0748. The lowest BCUT2D eigenvalue weighted by Gasteiger charge is -2.47. The maximum absolute atomic E-state index is 13.5. The Balaban J connectivity index is 1.25. The number of ether oxygens (including phenoxy) is 3. The number of carbonyl (C=O) groups is 3. The summed E-state index contributed by atoms with van der Waals surface area (Å²) in [5.41, 5.74) is 1.93. The first-order valence-electron chi connectivity index (χ1n) is 16.1. The van der Waals surface area contributed by atoms with E-state index in [0.717, 1.165) is 28.9 Å². The lowest BCUT2D eigenvalue weighted by atomic mass is 9.84. The van der Waals surface area contributed by atoms with E-state index in [4.69, 9.17) is 14.2 Å². The highest BCUT2D eigenvalue weighted by atomic mass is 19.1. The number of anilines is 1. The molecule has 0 unspecified atom stereocenters. The summed E-state index contributed by atoms with van der Waals surface area (Å²) in [7, 11) is 0. The van der Waals surface area contributed by atoms with Crippen molar-refractivity contribution in [2.75, 3.05) is 57.8 Å². The highest BCUT2D eigenvalue weighted by Gasteiger charge is 2.45. The van der Waals surface area contributed by atoms with Crippen molar-refractivity contribution in [1.82, 2.24) is 14.7 Å². The SMILES string of the molecule is C[C@@H]1COCCN1C[C@H]1CN(C(=O)OC(C)(C)C)[C@H](C)CN1CC(=O)OC(=O)[C@@]1(C)CNc2cc(Cc3ccc(F)cc3)ccc21. The lowest BCUT2D eigenvalue weighted by Crippen LogP contribution is -2.64. The van der Waals surface area contributed by atoms with Crippen molar-refractivity contribution in [3.05, 3.63) is 65.0 Å². The van der Waals surface area contributed by atoms with E-state index in [1.807, 2.05) is 50.8 Å². The van der Waals surface area contributed by atoms with Crippen molar-refractivity contribution < 1.29 is 33.0 Å². The molecule has 0 aliphatic carbocycles. The Bertz CT molecular complexity index is 1430. The second-order valence-electron chi connectivity index (χ2n) is 14.1. The van der Waals surface area contributed by atoms with Gasteiger partial charge in [-0.2, -0.15) is 0 Å². The summed E-state index contributed by atoms with van der Waals surface area (Å²) >= 11 is 0. The molecule has 2 aromatic rings. The van der Waals surface area contributed by atoms with Crippen LogP contribution in [-0.2, 0) is 35.6 Å². The van der Waals surface area contributed by atoms with Crippen molar-refractivity contribution in [2.24, 2.45) is 0 Å². The first-order valence-corrected chi connectivity index (χ1v) is 16.1. The summed E-state index contributed by atoms with van der Waals surface area (Å²) in [6, 6.07) is 12.1. The molecule has 5 rings (SSSR count). The van der Waals surface area contributed by atoms with Gasteiger partial charge in [-0.15, -0.1) is 0 Å². The van der Waals surface area contributed by atoms with Gasteiger partial charge in [0.05, 0.1) is 19.8 Å². The number of hydrogen-bond donors (Lipinski definition) is 1. The minimum atomic E-state index is -1.04. The fourth-order valence-electron chi connectivity index (χ4n) is 6.49. The second kappa shape index (κ2) is 13.7. The van der Waals surface area contributed by atoms with Gasteiger partial charge in [0.1, 0.15) is 16.8 Å². The van der Waals surface area contributed by atoms with Crippen LogP contribution in [0.5, 0.6) is 0 Å². The standard InChI is InChI=1S/C35H47FN4O6/c1-23-17-39(28(18-38-13-14-44-21-24(38)2)19-40(23)33(43)46-34(3,4)5)20-31(41)45-32(42)35(6)22-37-30-16-26(9-12-29(30)35)15-25-7-10-27(36)11-8-25/h7-12,16,23-24,28,37H,13-15,17-22H2,1-6H3/t23-,24-,28+,35+/m1/s1. The molecule has 0 bridgehead atoms. The fraction of sp³-hybridized carbons (Fsp3) is 0.571. The topological polar surface area (TPSA) is 101 Å². The van der Waals surface area contributed by atoms with E-state index in [0.29, 0.717) is 45.8 Å². The summed E-state index contributed by atoms with van der Waals surface area (Å²) in [5.74, 6) is -1.50. The van der Waals surface area contributed by atoms with E-state index >= 15 is 0 Å². The summed E-state index contributed by atoms with van der Waals surface area (Å²) in [4.78, 5) is 46.1. The van der Waals surface area contributed by atoms with Crippen molar-refractivity contribution >= 4 is 23.7 Å². The zero-order valence-electron chi connectivity index (χ0n) is 27.8. The van der Waals surface area contributed by atoms with E-state index in [9.17, 15) is 18.8 Å². The third-order valence-electron chi connectivity index (χ3n) is 9.15. The fourth-order valence-corrected chi connectivity index (χ4v) is 6.49. The first kappa shape index (κ1) is 33.8. The van der Waals surface area contributed by atoms with Gasteiger partial charge >= 0.3 is 18.0 Å². The molecule has 3 aliphatic heterocycles. The molecule has 0 radical (unpaired) electrons. The van der Waals surface area contributed by atoms with E-state index in [-0.39, 0.29) is 36.6 Å². The average molecular weight is 639 g/mol. The van der Waals surface area contributed by atoms with Crippen molar-refractivity contribution in [3.63, 3.8) is 0 Å². The first-order chi connectivity index (χ1) is 21.7. The normalized spacial score (nSPS) is 25.5. The maximum atomic E-state index is 13.5. The highest BCUT2D eigenvalue weighted by Crippen LogP contribution is 2.38. The van der Waals surface area contributed by atoms with Gasteiger partial charge in [-0.1, -0.05) is 24.3 Å². The molecule has 3 heterocycles. The smallest absolute Gasteiger partial charge is 0.410 e. The number of benzene rings is 2. The Morgan fingerprint density at radius 1 is 1.02 bits per heavy atom. The number of amides is 1. The Kier molecular flexibility index (Phi) is 10.0. The lowest BCUT2D eigenvalue weighted by molar-refractivity contribution is -0.164. The Labute approximate surface area is 271 Å². The van der Waals surface area contributed by atoms with Crippen LogP contribution in [-0.4, -0.2) is 109 Å². The molecule has 10 nitrogen and oxygen atoms in total. The van der Waals surface area contributed by atoms with Gasteiger partial charge in [-0.05, 0) is 82.9 Å². The molecule has 250 valence electrons. The molecule has 0 aromatic heterocycles. The van der Waals surface area contributed by atoms with Gasteiger partial charge < -0.3 is 24.4 Å². The van der Waals surface area contributed by atoms with Gasteiger partial charge in [0.15, 0.2) is 0 Å². The van der Waals surface area contributed by atoms with Gasteiger partial charge in [0, 0.05) is 56.5 Å². The van der Waals surface area contributed by atoms with Crippen LogP contribution >= 0.6 is 0 Å². The molecular weight excluding hydrogens is 591 g/mol.